The van der Waals surface area contributed by atoms with E-state index in [0.29, 0.717) is 17.5 Å². The summed E-state index contributed by atoms with van der Waals surface area (Å²) in [5, 5.41) is 14.7. The number of carbonyl (C=O) groups excluding carboxylic acids is 1. The second-order valence-electron chi connectivity index (χ2n) is 3.56. The van der Waals surface area contributed by atoms with Crippen LogP contribution in [0, 0.1) is 17.0 Å². The third kappa shape index (κ3) is 2.05. The lowest BCUT2D eigenvalue weighted by atomic mass is 10.2. The number of nitro groups is 1. The van der Waals surface area contributed by atoms with Crippen LogP contribution in [0.2, 0.25) is 0 Å². The number of hydrogen-bond acceptors (Lipinski definition) is 4. The van der Waals surface area contributed by atoms with Crippen molar-refractivity contribution < 1.29 is 9.72 Å². The number of aldehydes is 1. The molecule has 0 saturated heterocycles. The van der Waals surface area contributed by atoms with Crippen LogP contribution in [0.15, 0.2) is 30.6 Å². The second kappa shape index (κ2) is 4.17. The molecule has 0 amide bonds. The predicted octanol–water partition coefficient (Wildman–Crippen LogP) is 1.90. The molecule has 0 spiro atoms. The monoisotopic (exact) mass is 231 g/mol. The van der Waals surface area contributed by atoms with Gasteiger partial charge in [-0.2, -0.15) is 5.10 Å². The fourth-order valence-corrected chi connectivity index (χ4v) is 1.49. The molecule has 0 unspecified atom stereocenters. The molecule has 0 radical (unpaired) electrons. The normalized spacial score (nSPS) is 10.2. The molecule has 0 fully saturated rings. The number of non-ortho nitro benzene ring substituents is 1. The van der Waals surface area contributed by atoms with Gasteiger partial charge in [0.05, 0.1) is 22.4 Å². The highest BCUT2D eigenvalue weighted by molar-refractivity contribution is 5.73. The van der Waals surface area contributed by atoms with E-state index in [1.165, 1.54) is 29.2 Å². The third-order valence-corrected chi connectivity index (χ3v) is 2.39. The second-order valence-corrected chi connectivity index (χ2v) is 3.56. The predicted molar refractivity (Wildman–Crippen MR) is 60.3 cm³/mol. The summed E-state index contributed by atoms with van der Waals surface area (Å²) in [7, 11) is 0. The van der Waals surface area contributed by atoms with Gasteiger partial charge in [0.1, 0.15) is 0 Å². The van der Waals surface area contributed by atoms with Crippen LogP contribution in [0.4, 0.5) is 5.69 Å². The van der Waals surface area contributed by atoms with Gasteiger partial charge in [-0.25, -0.2) is 4.68 Å². The first-order chi connectivity index (χ1) is 8.11. The van der Waals surface area contributed by atoms with Gasteiger partial charge in [-0.15, -0.1) is 0 Å². The molecule has 0 atom stereocenters. The van der Waals surface area contributed by atoms with Crippen molar-refractivity contribution in [2.75, 3.05) is 0 Å². The molecule has 0 bridgehead atoms. The van der Waals surface area contributed by atoms with E-state index in [2.05, 4.69) is 5.10 Å². The quantitative estimate of drug-likeness (QED) is 0.459. The molecule has 0 saturated carbocycles. The first-order valence-corrected chi connectivity index (χ1v) is 4.87. The standard InChI is InChI=1S/C11H9N3O3/c1-8-2-3-10(14(16)17)4-11(8)13-6-9(7-15)5-12-13/h2-7H,1H3. The number of aromatic nitrogens is 2. The van der Waals surface area contributed by atoms with E-state index in [4.69, 9.17) is 0 Å². The first-order valence-electron chi connectivity index (χ1n) is 4.87. The van der Waals surface area contributed by atoms with E-state index >= 15 is 0 Å². The lowest BCUT2D eigenvalue weighted by molar-refractivity contribution is -0.384. The average molecular weight is 231 g/mol. The van der Waals surface area contributed by atoms with Gasteiger partial charge in [0.15, 0.2) is 6.29 Å². The molecular weight excluding hydrogens is 222 g/mol. The lowest BCUT2D eigenvalue weighted by Crippen LogP contribution is -1.99. The Hall–Kier alpha value is -2.50. The maximum atomic E-state index is 10.7. The van der Waals surface area contributed by atoms with Crippen molar-refractivity contribution >= 4 is 12.0 Å². The van der Waals surface area contributed by atoms with Gasteiger partial charge in [-0.1, -0.05) is 6.07 Å². The van der Waals surface area contributed by atoms with Crippen molar-refractivity contribution in [3.63, 3.8) is 0 Å². The molecule has 1 aromatic carbocycles. The topological polar surface area (TPSA) is 78.0 Å². The van der Waals surface area contributed by atoms with Crippen LogP contribution in [0.5, 0.6) is 0 Å². The number of nitro benzene ring substituents is 1. The molecule has 17 heavy (non-hydrogen) atoms. The van der Waals surface area contributed by atoms with Gasteiger partial charge in [0, 0.05) is 18.3 Å². The highest BCUT2D eigenvalue weighted by Gasteiger charge is 2.10. The summed E-state index contributed by atoms with van der Waals surface area (Å²) < 4.78 is 1.45. The summed E-state index contributed by atoms with van der Waals surface area (Å²) in [6, 6.07) is 4.51. The number of nitrogens with zero attached hydrogens (tertiary/aromatic N) is 3. The Bertz CT molecular complexity index is 589. The van der Waals surface area contributed by atoms with Gasteiger partial charge >= 0.3 is 0 Å². The summed E-state index contributed by atoms with van der Waals surface area (Å²) in [4.78, 5) is 20.8. The SMILES string of the molecule is Cc1ccc([N+](=O)[O-])cc1-n1cc(C=O)cn1. The van der Waals surface area contributed by atoms with Crippen molar-refractivity contribution in [1.29, 1.82) is 0 Å². The molecule has 1 aromatic heterocycles. The van der Waals surface area contributed by atoms with E-state index in [1.807, 2.05) is 6.92 Å². The largest absolute Gasteiger partial charge is 0.298 e. The molecule has 0 aliphatic carbocycles. The number of hydrogen-bond donors (Lipinski definition) is 0. The number of aryl methyl sites for hydroxylation is 1. The molecule has 0 aliphatic heterocycles. The van der Waals surface area contributed by atoms with Gasteiger partial charge in [0.2, 0.25) is 0 Å². The molecule has 2 rings (SSSR count). The fraction of sp³-hybridized carbons (Fsp3) is 0.0909. The number of benzene rings is 1. The summed E-state index contributed by atoms with van der Waals surface area (Å²) in [6.07, 6.45) is 3.61. The van der Waals surface area contributed by atoms with Crippen molar-refractivity contribution in [2.24, 2.45) is 0 Å². The molecule has 0 aliphatic rings. The lowest BCUT2D eigenvalue weighted by Gasteiger charge is -2.04. The third-order valence-electron chi connectivity index (χ3n) is 2.39. The van der Waals surface area contributed by atoms with Crippen LogP contribution in [-0.4, -0.2) is 21.0 Å². The Balaban J connectivity index is 2.53. The zero-order valence-corrected chi connectivity index (χ0v) is 9.03. The fourth-order valence-electron chi connectivity index (χ4n) is 1.49. The van der Waals surface area contributed by atoms with Crippen molar-refractivity contribution in [1.82, 2.24) is 9.78 Å². The maximum Gasteiger partial charge on any atom is 0.271 e. The molecule has 6 heteroatoms. The molecule has 1 heterocycles. The summed E-state index contributed by atoms with van der Waals surface area (Å²) >= 11 is 0. The van der Waals surface area contributed by atoms with E-state index in [-0.39, 0.29) is 5.69 Å². The Morgan fingerprint density at radius 2 is 2.24 bits per heavy atom. The summed E-state index contributed by atoms with van der Waals surface area (Å²) in [5.41, 5.74) is 1.85. The van der Waals surface area contributed by atoms with Crippen LogP contribution >= 0.6 is 0 Å². The minimum atomic E-state index is -0.465. The number of carbonyl (C=O) groups is 1. The first kappa shape index (κ1) is 11.0. The van der Waals surface area contributed by atoms with Crippen LogP contribution in [0.3, 0.4) is 0 Å². The molecule has 0 N–H and O–H groups in total. The van der Waals surface area contributed by atoms with E-state index < -0.39 is 4.92 Å². The minimum absolute atomic E-state index is 0.00578. The summed E-state index contributed by atoms with van der Waals surface area (Å²) in [5.74, 6) is 0. The van der Waals surface area contributed by atoms with E-state index in [1.54, 1.807) is 6.07 Å². The average Bonchev–Trinajstić information content (AvgIpc) is 2.77. The van der Waals surface area contributed by atoms with Crippen molar-refractivity contribution in [3.8, 4) is 5.69 Å². The van der Waals surface area contributed by atoms with Gasteiger partial charge in [0.25, 0.3) is 5.69 Å². The molecule has 2 aromatic rings. The Labute approximate surface area is 96.6 Å². The van der Waals surface area contributed by atoms with Crippen LogP contribution in [-0.2, 0) is 0 Å². The Kier molecular flexibility index (Phi) is 2.70. The van der Waals surface area contributed by atoms with Crippen LogP contribution < -0.4 is 0 Å². The number of rotatable bonds is 3. The Morgan fingerprint density at radius 1 is 1.47 bits per heavy atom. The zero-order valence-electron chi connectivity index (χ0n) is 9.03. The summed E-state index contributed by atoms with van der Waals surface area (Å²) in [6.45, 7) is 1.82. The van der Waals surface area contributed by atoms with Crippen LogP contribution in [0.25, 0.3) is 5.69 Å². The highest BCUT2D eigenvalue weighted by atomic mass is 16.6. The molecule has 86 valence electrons. The van der Waals surface area contributed by atoms with Crippen LogP contribution in [0.1, 0.15) is 15.9 Å². The van der Waals surface area contributed by atoms with Gasteiger partial charge < -0.3 is 0 Å². The van der Waals surface area contributed by atoms with Gasteiger partial charge in [-0.3, -0.25) is 14.9 Å². The van der Waals surface area contributed by atoms with Crippen molar-refractivity contribution in [3.05, 3.63) is 51.8 Å². The molecular formula is C11H9N3O3. The Morgan fingerprint density at radius 3 is 2.82 bits per heavy atom. The van der Waals surface area contributed by atoms with Crippen molar-refractivity contribution in [2.45, 2.75) is 6.92 Å². The van der Waals surface area contributed by atoms with Gasteiger partial charge in [-0.05, 0) is 12.5 Å². The maximum absolute atomic E-state index is 10.7. The zero-order chi connectivity index (χ0) is 12.4. The molecule has 6 nitrogen and oxygen atoms in total. The van der Waals surface area contributed by atoms with E-state index in [0.717, 1.165) is 5.56 Å². The van der Waals surface area contributed by atoms with E-state index in [9.17, 15) is 14.9 Å². The minimum Gasteiger partial charge on any atom is -0.298 e. The highest BCUT2D eigenvalue weighted by Crippen LogP contribution is 2.20. The smallest absolute Gasteiger partial charge is 0.271 e.